The molecule has 3 heterocycles. The summed E-state index contributed by atoms with van der Waals surface area (Å²) in [6.45, 7) is 10.7. The van der Waals surface area contributed by atoms with E-state index in [2.05, 4.69) is 16.8 Å². The van der Waals surface area contributed by atoms with Crippen molar-refractivity contribution in [3.05, 3.63) is 58.7 Å². The summed E-state index contributed by atoms with van der Waals surface area (Å²) >= 11 is 0. The number of fused-ring (bicyclic) bond motifs is 1. The second kappa shape index (κ2) is 13.4. The first-order chi connectivity index (χ1) is 20.2. The molecule has 10 heteroatoms. The van der Waals surface area contributed by atoms with Gasteiger partial charge in [-0.1, -0.05) is 24.3 Å². The van der Waals surface area contributed by atoms with E-state index in [0.717, 1.165) is 36.7 Å². The summed E-state index contributed by atoms with van der Waals surface area (Å²) in [5, 5.41) is 0. The molecular weight excluding hydrogens is 552 g/mol. The Balaban J connectivity index is 1.20. The number of benzene rings is 2. The van der Waals surface area contributed by atoms with Gasteiger partial charge in [-0.3, -0.25) is 9.69 Å². The van der Waals surface area contributed by atoms with E-state index in [9.17, 15) is 13.2 Å². The van der Waals surface area contributed by atoms with E-state index in [1.807, 2.05) is 29.2 Å². The van der Waals surface area contributed by atoms with Crippen LogP contribution in [0.2, 0.25) is 0 Å². The number of carbonyl (C=O) groups excluding carboxylic acids is 1. The lowest BCUT2D eigenvalue weighted by Gasteiger charge is -2.38. The highest BCUT2D eigenvalue weighted by Crippen LogP contribution is 2.33. The number of methoxy groups -OCH3 is 1. The van der Waals surface area contributed by atoms with E-state index < -0.39 is 16.1 Å². The summed E-state index contributed by atoms with van der Waals surface area (Å²) in [5.74, 6) is 1.35. The maximum absolute atomic E-state index is 14.1. The van der Waals surface area contributed by atoms with Gasteiger partial charge in [0.15, 0.2) is 0 Å². The molecule has 0 N–H and O–H groups in total. The zero-order valence-electron chi connectivity index (χ0n) is 25.5. The van der Waals surface area contributed by atoms with Crippen LogP contribution in [0.3, 0.4) is 0 Å². The minimum absolute atomic E-state index is 0.0265. The summed E-state index contributed by atoms with van der Waals surface area (Å²) in [5.41, 5.74) is 3.41. The fourth-order valence-corrected chi connectivity index (χ4v) is 8.71. The second-order valence-corrected chi connectivity index (χ2v) is 14.0. The van der Waals surface area contributed by atoms with Crippen LogP contribution in [-0.2, 0) is 32.5 Å². The lowest BCUT2D eigenvalue weighted by Crippen LogP contribution is -2.51. The summed E-state index contributed by atoms with van der Waals surface area (Å²) in [4.78, 5) is 20.1. The zero-order chi connectivity index (χ0) is 29.9. The van der Waals surface area contributed by atoms with Crippen LogP contribution in [0.4, 0.5) is 0 Å². The van der Waals surface area contributed by atoms with Gasteiger partial charge in [0.25, 0.3) is 0 Å². The molecule has 2 aromatic rings. The third-order valence-corrected chi connectivity index (χ3v) is 11.4. The molecule has 1 amide bonds. The Kier molecular flexibility index (Phi) is 9.89. The topological polar surface area (TPSA) is 82.6 Å². The minimum atomic E-state index is -3.84. The first-order valence-corrected chi connectivity index (χ1v) is 16.6. The number of likely N-dealkylation sites (tertiary alicyclic amines) is 1. The molecule has 3 aliphatic rings. The highest BCUT2D eigenvalue weighted by molar-refractivity contribution is 7.89. The number of hydrogen-bond donors (Lipinski definition) is 0. The number of rotatable bonds is 9. The monoisotopic (exact) mass is 598 g/mol. The van der Waals surface area contributed by atoms with E-state index in [1.54, 1.807) is 37.4 Å². The Morgan fingerprint density at radius 1 is 0.952 bits per heavy atom. The summed E-state index contributed by atoms with van der Waals surface area (Å²) in [6.07, 6.45) is 3.03. The largest absolute Gasteiger partial charge is 0.497 e. The molecule has 0 aliphatic carbocycles. The number of sulfonamides is 1. The lowest BCUT2D eigenvalue weighted by molar-refractivity contribution is -0.138. The van der Waals surface area contributed by atoms with Crippen LogP contribution in [0.25, 0.3) is 0 Å². The Morgan fingerprint density at radius 2 is 1.60 bits per heavy atom. The van der Waals surface area contributed by atoms with Gasteiger partial charge in [0.1, 0.15) is 12.4 Å². The number of hydrogen-bond acceptors (Lipinski definition) is 7. The molecular formula is C32H46N4O5S. The normalized spacial score (nSPS) is 21.3. The van der Waals surface area contributed by atoms with Gasteiger partial charge in [-0.2, -0.15) is 4.31 Å². The van der Waals surface area contributed by atoms with Gasteiger partial charge in [-0.15, -0.1) is 0 Å². The minimum Gasteiger partial charge on any atom is -0.497 e. The van der Waals surface area contributed by atoms with Crippen molar-refractivity contribution in [2.75, 3.05) is 73.2 Å². The van der Waals surface area contributed by atoms with Crippen molar-refractivity contribution in [3.8, 4) is 5.75 Å². The highest BCUT2D eigenvalue weighted by Gasteiger charge is 2.37. The van der Waals surface area contributed by atoms with Crippen molar-refractivity contribution in [2.45, 2.75) is 50.6 Å². The average molecular weight is 599 g/mol. The van der Waals surface area contributed by atoms with E-state index in [4.69, 9.17) is 9.47 Å². The Morgan fingerprint density at radius 3 is 2.24 bits per heavy atom. The van der Waals surface area contributed by atoms with Crippen molar-refractivity contribution >= 4 is 15.9 Å². The maximum atomic E-state index is 14.1. The lowest BCUT2D eigenvalue weighted by atomic mass is 9.96. The quantitative estimate of drug-likeness (QED) is 0.439. The first kappa shape index (κ1) is 30.9. The van der Waals surface area contributed by atoms with Crippen molar-refractivity contribution in [3.63, 3.8) is 0 Å². The van der Waals surface area contributed by atoms with Crippen LogP contribution in [0, 0.1) is 19.8 Å². The predicted octanol–water partition coefficient (Wildman–Crippen LogP) is 2.93. The van der Waals surface area contributed by atoms with Gasteiger partial charge in [0, 0.05) is 39.3 Å². The summed E-state index contributed by atoms with van der Waals surface area (Å²) in [6, 6.07) is 11.1. The van der Waals surface area contributed by atoms with Gasteiger partial charge in [0.2, 0.25) is 15.9 Å². The van der Waals surface area contributed by atoms with Gasteiger partial charge in [-0.05, 0) is 93.6 Å². The predicted molar refractivity (Wildman–Crippen MR) is 163 cm³/mol. The second-order valence-electron chi connectivity index (χ2n) is 12.2. The molecule has 0 saturated carbocycles. The molecule has 230 valence electrons. The smallest absolute Gasteiger partial charge is 0.248 e. The SMILES string of the molecule is COc1cc(C)c(S(=O)(=O)N2Cc3ccccc3CC2COCC(=O)N2CCN(CC3CCN(C)CC3)CC2)c(C)c1. The number of aryl methyl sites for hydroxylation is 2. The molecule has 2 saturated heterocycles. The molecule has 0 spiro atoms. The van der Waals surface area contributed by atoms with Gasteiger partial charge < -0.3 is 19.3 Å². The van der Waals surface area contributed by atoms with E-state index in [1.165, 1.54) is 25.9 Å². The van der Waals surface area contributed by atoms with E-state index in [0.29, 0.717) is 41.3 Å². The molecule has 2 fully saturated rings. The fourth-order valence-electron chi connectivity index (χ4n) is 6.70. The molecule has 0 aromatic heterocycles. The number of carbonyl (C=O) groups is 1. The maximum Gasteiger partial charge on any atom is 0.248 e. The Bertz CT molecular complexity index is 1330. The molecule has 5 rings (SSSR count). The molecule has 9 nitrogen and oxygen atoms in total. The fraction of sp³-hybridized carbons (Fsp3) is 0.594. The third-order valence-electron chi connectivity index (χ3n) is 9.16. The van der Waals surface area contributed by atoms with Crippen LogP contribution in [0.15, 0.2) is 41.3 Å². The number of amides is 1. The summed E-state index contributed by atoms with van der Waals surface area (Å²) in [7, 11) is -0.0708. The zero-order valence-corrected chi connectivity index (χ0v) is 26.4. The molecule has 42 heavy (non-hydrogen) atoms. The third kappa shape index (κ3) is 7.00. The van der Waals surface area contributed by atoms with Crippen molar-refractivity contribution in [1.29, 1.82) is 0 Å². The number of piperidine rings is 1. The van der Waals surface area contributed by atoms with Crippen LogP contribution < -0.4 is 4.74 Å². The standard InChI is InChI=1S/C32H46N4O5S/c1-24-17-30(40-4)18-25(2)32(24)42(38,39)36-21-28-8-6-5-7-27(28)19-29(36)22-41-23-31(37)35-15-13-34(14-16-35)20-26-9-11-33(3)12-10-26/h5-8,17-18,26,29H,9-16,19-23H2,1-4H3. The number of ether oxygens (including phenoxy) is 2. The van der Waals surface area contributed by atoms with Crippen molar-refractivity contribution < 1.29 is 22.7 Å². The Labute approximate surface area is 251 Å². The van der Waals surface area contributed by atoms with Crippen molar-refractivity contribution in [1.82, 2.24) is 19.0 Å². The van der Waals surface area contributed by atoms with Crippen LogP contribution in [0.5, 0.6) is 5.75 Å². The van der Waals surface area contributed by atoms with Crippen LogP contribution in [0.1, 0.15) is 35.1 Å². The summed E-state index contributed by atoms with van der Waals surface area (Å²) < 4.78 is 41.2. The molecule has 2 aromatic carbocycles. The van der Waals surface area contributed by atoms with Gasteiger partial charge >= 0.3 is 0 Å². The van der Waals surface area contributed by atoms with Gasteiger partial charge in [0.05, 0.1) is 24.7 Å². The molecule has 3 aliphatic heterocycles. The number of piperazine rings is 1. The molecule has 1 atom stereocenters. The van der Waals surface area contributed by atoms with E-state index in [-0.39, 0.29) is 25.7 Å². The van der Waals surface area contributed by atoms with Gasteiger partial charge in [-0.25, -0.2) is 8.42 Å². The molecule has 0 radical (unpaired) electrons. The number of nitrogens with zero attached hydrogens (tertiary/aromatic N) is 4. The molecule has 1 unspecified atom stereocenters. The highest BCUT2D eigenvalue weighted by atomic mass is 32.2. The molecule has 0 bridgehead atoms. The van der Waals surface area contributed by atoms with Crippen LogP contribution in [-0.4, -0.2) is 113 Å². The van der Waals surface area contributed by atoms with Crippen molar-refractivity contribution in [2.24, 2.45) is 5.92 Å². The van der Waals surface area contributed by atoms with E-state index >= 15 is 0 Å². The average Bonchev–Trinajstić information content (AvgIpc) is 2.97. The van der Waals surface area contributed by atoms with Crippen LogP contribution >= 0.6 is 0 Å². The first-order valence-electron chi connectivity index (χ1n) is 15.2. The Hall–Kier alpha value is -2.50.